The van der Waals surface area contributed by atoms with Crippen molar-refractivity contribution in [2.45, 2.75) is 12.8 Å². The van der Waals surface area contributed by atoms with E-state index in [4.69, 9.17) is 0 Å². The lowest BCUT2D eigenvalue weighted by molar-refractivity contribution is -0.127. The summed E-state index contributed by atoms with van der Waals surface area (Å²) in [5, 5.41) is 5.62. The van der Waals surface area contributed by atoms with E-state index in [0.717, 1.165) is 12.0 Å². The van der Waals surface area contributed by atoms with Crippen LogP contribution in [-0.4, -0.2) is 37.5 Å². The highest BCUT2D eigenvalue weighted by atomic mass is 16.2. The molecule has 2 aromatic carbocycles. The Morgan fingerprint density at radius 1 is 0.917 bits per heavy atom. The summed E-state index contributed by atoms with van der Waals surface area (Å²) in [5.74, 6) is 0.0503. The first-order valence-corrected chi connectivity index (χ1v) is 7.92. The van der Waals surface area contributed by atoms with Gasteiger partial charge in [-0.1, -0.05) is 42.5 Å². The normalized spacial score (nSPS) is 10.1. The number of nitrogens with zero attached hydrogens (tertiary/aromatic N) is 1. The van der Waals surface area contributed by atoms with E-state index in [1.54, 1.807) is 31.1 Å². The van der Waals surface area contributed by atoms with Crippen molar-refractivity contribution in [3.8, 4) is 0 Å². The highest BCUT2D eigenvalue weighted by molar-refractivity contribution is 5.89. The summed E-state index contributed by atoms with van der Waals surface area (Å²) < 4.78 is 0. The maximum atomic E-state index is 11.9. The van der Waals surface area contributed by atoms with Gasteiger partial charge in [0.1, 0.15) is 0 Å². The molecule has 0 atom stereocenters. The van der Waals surface area contributed by atoms with Crippen LogP contribution in [0.2, 0.25) is 0 Å². The average Bonchev–Trinajstić information content (AvgIpc) is 2.57. The van der Waals surface area contributed by atoms with Crippen LogP contribution in [0.15, 0.2) is 54.6 Å². The molecule has 0 spiro atoms. The van der Waals surface area contributed by atoms with Crippen LogP contribution >= 0.6 is 0 Å². The van der Waals surface area contributed by atoms with Crippen molar-refractivity contribution in [1.82, 2.24) is 10.2 Å². The Bertz CT molecular complexity index is 667. The van der Waals surface area contributed by atoms with E-state index >= 15 is 0 Å². The number of nitrogens with one attached hydrogen (secondary N) is 2. The third-order valence-corrected chi connectivity index (χ3v) is 3.61. The lowest BCUT2D eigenvalue weighted by atomic mass is 10.1. The molecule has 0 aromatic heterocycles. The Kier molecular flexibility index (Phi) is 6.37. The minimum absolute atomic E-state index is 0.0503. The van der Waals surface area contributed by atoms with Gasteiger partial charge < -0.3 is 15.5 Å². The second-order valence-corrected chi connectivity index (χ2v) is 5.78. The van der Waals surface area contributed by atoms with Crippen molar-refractivity contribution in [1.29, 1.82) is 0 Å². The Balaban J connectivity index is 1.76. The van der Waals surface area contributed by atoms with Gasteiger partial charge in [-0.15, -0.1) is 0 Å². The first kappa shape index (κ1) is 17.5. The van der Waals surface area contributed by atoms with Crippen LogP contribution in [0.4, 0.5) is 10.5 Å². The van der Waals surface area contributed by atoms with Gasteiger partial charge in [0, 0.05) is 26.3 Å². The Morgan fingerprint density at radius 3 is 2.21 bits per heavy atom. The molecule has 0 aliphatic rings. The zero-order valence-electron chi connectivity index (χ0n) is 14.1. The summed E-state index contributed by atoms with van der Waals surface area (Å²) in [5.41, 5.74) is 2.81. The molecule has 0 heterocycles. The summed E-state index contributed by atoms with van der Waals surface area (Å²) in [4.78, 5) is 25.1. The van der Waals surface area contributed by atoms with Gasteiger partial charge in [0.2, 0.25) is 5.91 Å². The largest absolute Gasteiger partial charge is 0.349 e. The molecule has 2 rings (SSSR count). The number of carbonyl (C=O) groups excluding carboxylic acids is 2. The minimum Gasteiger partial charge on any atom is -0.349 e. The second kappa shape index (κ2) is 8.72. The molecule has 2 N–H and O–H groups in total. The minimum atomic E-state index is -0.233. The third kappa shape index (κ3) is 5.76. The molecule has 0 unspecified atom stereocenters. The smallest absolute Gasteiger partial charge is 0.319 e. The monoisotopic (exact) mass is 325 g/mol. The molecular weight excluding hydrogens is 302 g/mol. The predicted molar refractivity (Wildman–Crippen MR) is 96.0 cm³/mol. The van der Waals surface area contributed by atoms with E-state index in [2.05, 4.69) is 10.6 Å². The Labute approximate surface area is 142 Å². The summed E-state index contributed by atoms with van der Waals surface area (Å²) >= 11 is 0. The summed E-state index contributed by atoms with van der Waals surface area (Å²) in [6.45, 7) is 0.575. The predicted octanol–water partition coefficient (Wildman–Crippen LogP) is 2.68. The lowest BCUT2D eigenvalue weighted by Crippen LogP contribution is -2.30. The number of hydrogen-bond donors (Lipinski definition) is 2. The van der Waals surface area contributed by atoms with Gasteiger partial charge in [-0.2, -0.15) is 0 Å². The Hall–Kier alpha value is -2.82. The van der Waals surface area contributed by atoms with Crippen LogP contribution in [0.3, 0.4) is 0 Å². The molecular formula is C19H23N3O2. The van der Waals surface area contributed by atoms with Crippen molar-refractivity contribution in [2.24, 2.45) is 0 Å². The van der Waals surface area contributed by atoms with E-state index in [1.165, 1.54) is 5.56 Å². The van der Waals surface area contributed by atoms with Crippen LogP contribution in [-0.2, 0) is 17.6 Å². The van der Waals surface area contributed by atoms with E-state index in [9.17, 15) is 9.59 Å². The first-order chi connectivity index (χ1) is 11.5. The Morgan fingerprint density at radius 2 is 1.58 bits per heavy atom. The fourth-order valence-electron chi connectivity index (χ4n) is 2.18. The number of urea groups is 1. The van der Waals surface area contributed by atoms with E-state index < -0.39 is 0 Å². The molecule has 24 heavy (non-hydrogen) atoms. The van der Waals surface area contributed by atoms with Crippen LogP contribution < -0.4 is 10.6 Å². The van der Waals surface area contributed by atoms with Crippen molar-refractivity contribution in [3.05, 3.63) is 65.7 Å². The van der Waals surface area contributed by atoms with E-state index in [0.29, 0.717) is 18.7 Å². The summed E-state index contributed by atoms with van der Waals surface area (Å²) in [6, 6.07) is 17.1. The molecule has 0 aliphatic heterocycles. The highest BCUT2D eigenvalue weighted by Crippen LogP contribution is 2.10. The van der Waals surface area contributed by atoms with E-state index in [-0.39, 0.29) is 11.9 Å². The van der Waals surface area contributed by atoms with Gasteiger partial charge >= 0.3 is 6.03 Å². The topological polar surface area (TPSA) is 61.4 Å². The number of amides is 3. The number of hydrogen-bond acceptors (Lipinski definition) is 2. The first-order valence-electron chi connectivity index (χ1n) is 7.92. The molecule has 126 valence electrons. The molecule has 0 fully saturated rings. The quantitative estimate of drug-likeness (QED) is 0.858. The number of benzene rings is 2. The summed E-state index contributed by atoms with van der Waals surface area (Å²) in [7, 11) is 3.47. The van der Waals surface area contributed by atoms with Crippen LogP contribution in [0.1, 0.15) is 11.1 Å². The fourth-order valence-corrected chi connectivity index (χ4v) is 2.18. The highest BCUT2D eigenvalue weighted by Gasteiger charge is 2.06. The standard InChI is InChI=1S/C19H23N3O2/c1-22(2)18(23)14-16-8-10-17(11-9-16)21-19(24)20-13-12-15-6-4-3-5-7-15/h3-11H,12-14H2,1-2H3,(H2,20,21,24). The van der Waals surface area contributed by atoms with E-state index in [1.807, 2.05) is 42.5 Å². The second-order valence-electron chi connectivity index (χ2n) is 5.78. The molecule has 5 nitrogen and oxygen atoms in total. The lowest BCUT2D eigenvalue weighted by Gasteiger charge is -2.11. The van der Waals surface area contributed by atoms with Crippen molar-refractivity contribution in [2.75, 3.05) is 26.0 Å². The van der Waals surface area contributed by atoms with Crippen molar-refractivity contribution in [3.63, 3.8) is 0 Å². The number of likely N-dealkylation sites (N-methyl/N-ethyl adjacent to an activating group) is 1. The van der Waals surface area contributed by atoms with Gasteiger partial charge in [-0.3, -0.25) is 4.79 Å². The molecule has 2 aromatic rings. The maximum absolute atomic E-state index is 11.9. The molecule has 5 heteroatoms. The van der Waals surface area contributed by atoms with Gasteiger partial charge in [0.25, 0.3) is 0 Å². The van der Waals surface area contributed by atoms with Crippen LogP contribution in [0.25, 0.3) is 0 Å². The fraction of sp³-hybridized carbons (Fsp3) is 0.263. The van der Waals surface area contributed by atoms with Crippen molar-refractivity contribution < 1.29 is 9.59 Å². The SMILES string of the molecule is CN(C)C(=O)Cc1ccc(NC(=O)NCCc2ccccc2)cc1. The van der Waals surface area contributed by atoms with Crippen LogP contribution in [0.5, 0.6) is 0 Å². The maximum Gasteiger partial charge on any atom is 0.319 e. The average molecular weight is 325 g/mol. The van der Waals surface area contributed by atoms with Gasteiger partial charge in [-0.25, -0.2) is 4.79 Å². The number of rotatable bonds is 6. The third-order valence-electron chi connectivity index (χ3n) is 3.61. The molecule has 3 amide bonds. The summed E-state index contributed by atoms with van der Waals surface area (Å²) in [6.07, 6.45) is 1.15. The number of anilines is 1. The van der Waals surface area contributed by atoms with Gasteiger partial charge in [0.05, 0.1) is 6.42 Å². The van der Waals surface area contributed by atoms with Crippen molar-refractivity contribution >= 4 is 17.6 Å². The van der Waals surface area contributed by atoms with Gasteiger partial charge in [-0.05, 0) is 29.7 Å². The zero-order valence-corrected chi connectivity index (χ0v) is 14.1. The molecule has 0 saturated carbocycles. The molecule has 0 bridgehead atoms. The van der Waals surface area contributed by atoms with Crippen LogP contribution in [0, 0.1) is 0 Å². The molecule has 0 saturated heterocycles. The number of carbonyl (C=O) groups is 2. The zero-order chi connectivity index (χ0) is 17.4. The molecule has 0 aliphatic carbocycles. The molecule has 0 radical (unpaired) electrons. The van der Waals surface area contributed by atoms with Gasteiger partial charge in [0.15, 0.2) is 0 Å².